The van der Waals surface area contributed by atoms with Crippen LogP contribution in [0.5, 0.6) is 0 Å². The van der Waals surface area contributed by atoms with Crippen molar-refractivity contribution in [3.8, 4) is 0 Å². The highest BCUT2D eigenvalue weighted by Crippen LogP contribution is 2.28. The Bertz CT molecular complexity index is 595. The van der Waals surface area contributed by atoms with Crippen LogP contribution in [0, 0.1) is 11.3 Å². The van der Waals surface area contributed by atoms with Gasteiger partial charge in [-0.2, -0.15) is 4.31 Å². The molecule has 0 atom stereocenters. The summed E-state index contributed by atoms with van der Waals surface area (Å²) >= 11 is 0. The topological polar surface area (TPSA) is 89.4 Å². The lowest BCUT2D eigenvalue weighted by atomic mass is 9.87. The van der Waals surface area contributed by atoms with Crippen LogP contribution in [0.15, 0.2) is 29.2 Å². The maximum absolute atomic E-state index is 13.1. The third-order valence-electron chi connectivity index (χ3n) is 4.00. The highest BCUT2D eigenvalue weighted by atomic mass is 32.2. The predicted molar refractivity (Wildman–Crippen MR) is 101 cm³/mol. The molecule has 0 saturated heterocycles. The number of hydrogen-bond donors (Lipinski definition) is 2. The summed E-state index contributed by atoms with van der Waals surface area (Å²) in [5, 5.41) is 0. The summed E-state index contributed by atoms with van der Waals surface area (Å²) in [6.07, 6.45) is 2.94. The van der Waals surface area contributed by atoms with E-state index in [2.05, 4.69) is 13.8 Å². The first-order valence-electron chi connectivity index (χ1n) is 8.64. The van der Waals surface area contributed by atoms with Gasteiger partial charge in [-0.1, -0.05) is 34.1 Å². The Morgan fingerprint density at radius 1 is 1.12 bits per heavy atom. The number of unbranched alkanes of at least 4 members (excludes halogenated alkanes) is 1. The van der Waals surface area contributed by atoms with Crippen LogP contribution >= 0.6 is 0 Å². The van der Waals surface area contributed by atoms with Gasteiger partial charge in [-0.15, -0.1) is 0 Å². The van der Waals surface area contributed by atoms with Gasteiger partial charge in [0.05, 0.1) is 4.90 Å². The van der Waals surface area contributed by atoms with Crippen molar-refractivity contribution >= 4 is 15.7 Å². The number of nitrogen functional groups attached to an aromatic ring is 1. The molecule has 0 aromatic heterocycles. The van der Waals surface area contributed by atoms with Gasteiger partial charge < -0.3 is 11.5 Å². The molecule has 24 heavy (non-hydrogen) atoms. The second-order valence-electron chi connectivity index (χ2n) is 7.67. The van der Waals surface area contributed by atoms with Gasteiger partial charge in [-0.05, 0) is 55.0 Å². The van der Waals surface area contributed by atoms with Crippen molar-refractivity contribution in [1.82, 2.24) is 4.31 Å². The van der Waals surface area contributed by atoms with Crippen LogP contribution < -0.4 is 11.5 Å². The second kappa shape index (κ2) is 8.83. The fraction of sp³-hybridized carbons (Fsp3) is 0.667. The van der Waals surface area contributed by atoms with E-state index < -0.39 is 10.0 Å². The monoisotopic (exact) mass is 355 g/mol. The maximum Gasteiger partial charge on any atom is 0.243 e. The van der Waals surface area contributed by atoms with Crippen LogP contribution in [-0.2, 0) is 10.0 Å². The van der Waals surface area contributed by atoms with E-state index in [0.29, 0.717) is 30.2 Å². The normalized spacial score (nSPS) is 13.0. The Kier molecular flexibility index (Phi) is 7.70. The van der Waals surface area contributed by atoms with Crippen LogP contribution in [-0.4, -0.2) is 32.4 Å². The summed E-state index contributed by atoms with van der Waals surface area (Å²) in [5.74, 6) is 0.258. The zero-order chi connectivity index (χ0) is 18.4. The minimum atomic E-state index is -3.52. The van der Waals surface area contributed by atoms with E-state index >= 15 is 0 Å². The molecule has 0 amide bonds. The fourth-order valence-electron chi connectivity index (χ4n) is 2.75. The number of sulfonamides is 1. The van der Waals surface area contributed by atoms with E-state index in [1.54, 1.807) is 28.6 Å². The summed E-state index contributed by atoms with van der Waals surface area (Å²) in [5.41, 5.74) is 11.7. The second-order valence-corrected chi connectivity index (χ2v) is 9.61. The molecule has 1 rings (SSSR count). The highest BCUT2D eigenvalue weighted by Gasteiger charge is 2.31. The largest absolute Gasteiger partial charge is 0.399 e. The van der Waals surface area contributed by atoms with E-state index in [9.17, 15) is 8.42 Å². The van der Waals surface area contributed by atoms with Crippen LogP contribution in [0.1, 0.15) is 47.0 Å². The Hall–Kier alpha value is -1.11. The first-order valence-corrected chi connectivity index (χ1v) is 10.1. The average Bonchev–Trinajstić information content (AvgIpc) is 2.46. The van der Waals surface area contributed by atoms with Gasteiger partial charge in [0.15, 0.2) is 0 Å². The standard InChI is InChI=1S/C18H33N3O2S/c1-15(2)13-21(14-18(3,4)11-5-6-12-19)24(22,23)17-9-7-16(20)8-10-17/h7-10,15H,5-6,11-14,19-20H2,1-4H3. The van der Waals surface area contributed by atoms with E-state index in [-0.39, 0.29) is 11.3 Å². The molecule has 6 heteroatoms. The number of rotatable bonds is 10. The molecular weight excluding hydrogens is 322 g/mol. The molecule has 0 aliphatic heterocycles. The Morgan fingerprint density at radius 2 is 1.71 bits per heavy atom. The third-order valence-corrected chi connectivity index (χ3v) is 5.82. The van der Waals surface area contributed by atoms with Gasteiger partial charge in [0, 0.05) is 18.8 Å². The van der Waals surface area contributed by atoms with Crippen molar-refractivity contribution in [2.24, 2.45) is 17.1 Å². The average molecular weight is 356 g/mol. The highest BCUT2D eigenvalue weighted by molar-refractivity contribution is 7.89. The van der Waals surface area contributed by atoms with Gasteiger partial charge in [0.25, 0.3) is 0 Å². The molecule has 0 aliphatic rings. The molecule has 0 bridgehead atoms. The van der Waals surface area contributed by atoms with Gasteiger partial charge in [0.1, 0.15) is 0 Å². The Labute approximate surface area is 147 Å². The number of nitrogens with two attached hydrogens (primary N) is 2. The van der Waals surface area contributed by atoms with Crippen molar-refractivity contribution in [2.75, 3.05) is 25.4 Å². The smallest absolute Gasteiger partial charge is 0.243 e. The zero-order valence-corrected chi connectivity index (χ0v) is 16.3. The maximum atomic E-state index is 13.1. The van der Waals surface area contributed by atoms with Crippen LogP contribution in [0.2, 0.25) is 0 Å². The van der Waals surface area contributed by atoms with Gasteiger partial charge in [-0.25, -0.2) is 8.42 Å². The molecule has 0 heterocycles. The van der Waals surface area contributed by atoms with Crippen LogP contribution in [0.25, 0.3) is 0 Å². The molecule has 1 aromatic carbocycles. The molecular formula is C18H33N3O2S. The molecule has 0 fully saturated rings. The van der Waals surface area contributed by atoms with Crippen molar-refractivity contribution < 1.29 is 8.42 Å². The van der Waals surface area contributed by atoms with E-state index in [0.717, 1.165) is 19.3 Å². The molecule has 4 N–H and O–H groups in total. The van der Waals surface area contributed by atoms with E-state index in [1.165, 1.54) is 0 Å². The lowest BCUT2D eigenvalue weighted by molar-refractivity contribution is 0.225. The fourth-order valence-corrected chi connectivity index (χ4v) is 4.54. The molecule has 0 radical (unpaired) electrons. The third kappa shape index (κ3) is 6.42. The summed E-state index contributed by atoms with van der Waals surface area (Å²) < 4.78 is 27.7. The summed E-state index contributed by atoms with van der Waals surface area (Å²) in [6.45, 7) is 10.00. The Morgan fingerprint density at radius 3 is 2.21 bits per heavy atom. The van der Waals surface area contributed by atoms with Crippen molar-refractivity contribution in [2.45, 2.75) is 51.9 Å². The van der Waals surface area contributed by atoms with E-state index in [1.807, 2.05) is 13.8 Å². The predicted octanol–water partition coefficient (Wildman–Crippen LogP) is 3.07. The minimum Gasteiger partial charge on any atom is -0.399 e. The van der Waals surface area contributed by atoms with Crippen molar-refractivity contribution in [3.63, 3.8) is 0 Å². The lowest BCUT2D eigenvalue weighted by Gasteiger charge is -2.33. The first-order chi connectivity index (χ1) is 11.1. The van der Waals surface area contributed by atoms with Crippen LogP contribution in [0.3, 0.4) is 0 Å². The molecule has 5 nitrogen and oxygen atoms in total. The first kappa shape index (κ1) is 20.9. The molecule has 0 unspecified atom stereocenters. The van der Waals surface area contributed by atoms with Gasteiger partial charge >= 0.3 is 0 Å². The molecule has 0 aliphatic carbocycles. The number of hydrogen-bond acceptors (Lipinski definition) is 4. The summed E-state index contributed by atoms with van der Waals surface area (Å²) in [6, 6.07) is 6.43. The lowest BCUT2D eigenvalue weighted by Crippen LogP contribution is -2.41. The van der Waals surface area contributed by atoms with Gasteiger partial charge in [0.2, 0.25) is 10.0 Å². The van der Waals surface area contributed by atoms with Crippen LogP contribution in [0.4, 0.5) is 5.69 Å². The number of benzene rings is 1. The summed E-state index contributed by atoms with van der Waals surface area (Å²) in [4.78, 5) is 0.301. The zero-order valence-electron chi connectivity index (χ0n) is 15.5. The number of nitrogens with zero attached hydrogens (tertiary/aromatic N) is 1. The van der Waals surface area contributed by atoms with Crippen molar-refractivity contribution in [1.29, 1.82) is 0 Å². The number of anilines is 1. The Balaban J connectivity index is 3.01. The van der Waals surface area contributed by atoms with Crippen molar-refractivity contribution in [3.05, 3.63) is 24.3 Å². The minimum absolute atomic E-state index is 0.0923. The summed E-state index contributed by atoms with van der Waals surface area (Å²) in [7, 11) is -3.52. The molecule has 138 valence electrons. The van der Waals surface area contributed by atoms with Gasteiger partial charge in [-0.3, -0.25) is 0 Å². The van der Waals surface area contributed by atoms with E-state index in [4.69, 9.17) is 11.5 Å². The SMILES string of the molecule is CC(C)CN(CC(C)(C)CCCCN)S(=O)(=O)c1ccc(N)cc1. The quantitative estimate of drug-likeness (QED) is 0.498. The molecule has 0 saturated carbocycles. The molecule has 1 aromatic rings. The molecule has 0 spiro atoms.